The molecule has 110 valence electrons. The molecule has 8 heteroatoms. The fraction of sp³-hybridized carbons (Fsp3) is 0.500. The van der Waals surface area contributed by atoms with Gasteiger partial charge in [-0.1, -0.05) is 0 Å². The molecule has 0 heterocycles. The lowest BCUT2D eigenvalue weighted by atomic mass is 10.1. The summed E-state index contributed by atoms with van der Waals surface area (Å²) in [7, 11) is -2.40. The molecule has 1 aliphatic rings. The summed E-state index contributed by atoms with van der Waals surface area (Å²) in [6.07, 6.45) is 1.55. The molecule has 0 aromatic heterocycles. The summed E-state index contributed by atoms with van der Waals surface area (Å²) < 4.78 is 39.9. The van der Waals surface area contributed by atoms with Crippen LogP contribution in [0.25, 0.3) is 0 Å². The first-order valence-electron chi connectivity index (χ1n) is 6.10. The molecular formula is C12H15FN2O4S. The third kappa shape index (κ3) is 2.29. The molecule has 0 amide bonds. The van der Waals surface area contributed by atoms with Crippen molar-refractivity contribution >= 4 is 15.7 Å². The molecule has 0 unspecified atom stereocenters. The van der Waals surface area contributed by atoms with Crippen LogP contribution in [0.5, 0.6) is 0 Å². The highest BCUT2D eigenvalue weighted by molar-refractivity contribution is 7.89. The van der Waals surface area contributed by atoms with E-state index in [9.17, 15) is 22.9 Å². The van der Waals surface area contributed by atoms with Gasteiger partial charge in [-0.2, -0.15) is 8.70 Å². The molecule has 0 aliphatic heterocycles. The molecule has 1 fully saturated rings. The van der Waals surface area contributed by atoms with E-state index in [4.69, 9.17) is 0 Å². The molecule has 0 radical (unpaired) electrons. The minimum atomic E-state index is -3.85. The summed E-state index contributed by atoms with van der Waals surface area (Å²) in [6.45, 7) is 2.70. The second-order valence-corrected chi connectivity index (χ2v) is 6.92. The Hall–Kier alpha value is -1.54. The van der Waals surface area contributed by atoms with E-state index in [1.54, 1.807) is 0 Å². The Morgan fingerprint density at radius 1 is 1.40 bits per heavy atom. The van der Waals surface area contributed by atoms with Crippen LogP contribution in [-0.2, 0) is 10.0 Å². The second-order valence-electron chi connectivity index (χ2n) is 4.99. The number of nitro groups is 1. The molecule has 0 atom stereocenters. The fourth-order valence-electron chi connectivity index (χ4n) is 2.31. The molecule has 0 saturated heterocycles. The van der Waals surface area contributed by atoms with Crippen molar-refractivity contribution in [3.8, 4) is 0 Å². The second kappa shape index (κ2) is 4.78. The Balaban J connectivity index is 2.68. The minimum Gasteiger partial charge on any atom is -0.258 e. The topological polar surface area (TPSA) is 80.5 Å². The van der Waals surface area contributed by atoms with Crippen molar-refractivity contribution in [1.29, 1.82) is 0 Å². The Kier molecular flexibility index (Phi) is 3.55. The summed E-state index contributed by atoms with van der Waals surface area (Å²) in [4.78, 5) is 9.85. The highest BCUT2D eigenvalue weighted by atomic mass is 32.2. The molecule has 6 nitrogen and oxygen atoms in total. The van der Waals surface area contributed by atoms with Crippen LogP contribution in [-0.4, -0.2) is 30.7 Å². The van der Waals surface area contributed by atoms with Gasteiger partial charge in [0, 0.05) is 13.1 Å². The lowest BCUT2D eigenvalue weighted by Gasteiger charge is -2.19. The summed E-state index contributed by atoms with van der Waals surface area (Å²) >= 11 is 0. The number of sulfonamides is 1. The van der Waals surface area contributed by atoms with Crippen LogP contribution in [0.3, 0.4) is 0 Å². The van der Waals surface area contributed by atoms with Crippen LogP contribution in [0, 0.1) is 29.8 Å². The maximum absolute atomic E-state index is 13.7. The number of halogens is 1. The Bertz CT molecular complexity index is 683. The molecule has 1 aromatic carbocycles. The van der Waals surface area contributed by atoms with E-state index >= 15 is 0 Å². The lowest BCUT2D eigenvalue weighted by Crippen LogP contribution is -2.30. The third-order valence-corrected chi connectivity index (χ3v) is 5.70. The van der Waals surface area contributed by atoms with E-state index in [2.05, 4.69) is 0 Å². The number of aryl methyl sites for hydroxylation is 1. The van der Waals surface area contributed by atoms with Crippen LogP contribution < -0.4 is 0 Å². The zero-order chi connectivity index (χ0) is 15.2. The maximum atomic E-state index is 13.7. The molecule has 1 saturated carbocycles. The van der Waals surface area contributed by atoms with E-state index in [0.717, 1.165) is 18.9 Å². The highest BCUT2D eigenvalue weighted by Crippen LogP contribution is 2.36. The first kappa shape index (κ1) is 14.9. The molecule has 1 aliphatic carbocycles. The lowest BCUT2D eigenvalue weighted by molar-refractivity contribution is -0.388. The summed E-state index contributed by atoms with van der Waals surface area (Å²) in [5, 5.41) is 10.9. The monoisotopic (exact) mass is 302 g/mol. The van der Waals surface area contributed by atoms with Crippen LogP contribution >= 0.6 is 0 Å². The van der Waals surface area contributed by atoms with Crippen LogP contribution in [0.2, 0.25) is 0 Å². The van der Waals surface area contributed by atoms with Gasteiger partial charge in [-0.05, 0) is 38.3 Å². The van der Waals surface area contributed by atoms with Crippen molar-refractivity contribution in [2.75, 3.05) is 7.05 Å². The van der Waals surface area contributed by atoms with E-state index in [0.29, 0.717) is 0 Å². The molecule has 1 aromatic rings. The Morgan fingerprint density at radius 2 is 1.95 bits per heavy atom. The number of hydrogen-bond donors (Lipinski definition) is 0. The van der Waals surface area contributed by atoms with Crippen molar-refractivity contribution in [3.05, 3.63) is 33.1 Å². The molecule has 2 rings (SSSR count). The van der Waals surface area contributed by atoms with Crippen molar-refractivity contribution in [2.24, 2.45) is 0 Å². The predicted octanol–water partition coefficient (Wildman–Crippen LogP) is 2.13. The largest absolute Gasteiger partial charge is 0.309 e. The van der Waals surface area contributed by atoms with Gasteiger partial charge in [-0.15, -0.1) is 0 Å². The van der Waals surface area contributed by atoms with Crippen LogP contribution in [0.1, 0.15) is 24.0 Å². The van der Waals surface area contributed by atoms with Crippen molar-refractivity contribution in [2.45, 2.75) is 37.6 Å². The third-order valence-electron chi connectivity index (χ3n) is 3.50. The van der Waals surface area contributed by atoms with Gasteiger partial charge in [0.2, 0.25) is 15.8 Å². The van der Waals surface area contributed by atoms with E-state index in [1.165, 1.54) is 25.2 Å². The zero-order valence-electron chi connectivity index (χ0n) is 11.4. The van der Waals surface area contributed by atoms with Gasteiger partial charge >= 0.3 is 5.69 Å². The average molecular weight is 302 g/mol. The van der Waals surface area contributed by atoms with Crippen molar-refractivity contribution in [1.82, 2.24) is 4.31 Å². The van der Waals surface area contributed by atoms with Crippen LogP contribution in [0.4, 0.5) is 10.1 Å². The average Bonchev–Trinajstić information content (AvgIpc) is 3.09. The van der Waals surface area contributed by atoms with E-state index in [1.807, 2.05) is 0 Å². The van der Waals surface area contributed by atoms with Crippen molar-refractivity contribution in [3.63, 3.8) is 0 Å². The zero-order valence-corrected chi connectivity index (χ0v) is 12.2. The normalized spacial score (nSPS) is 15.7. The predicted molar refractivity (Wildman–Crippen MR) is 70.5 cm³/mol. The summed E-state index contributed by atoms with van der Waals surface area (Å²) in [5.41, 5.74) is -0.753. The Morgan fingerprint density at radius 3 is 2.40 bits per heavy atom. The minimum absolute atomic E-state index is 0.0668. The van der Waals surface area contributed by atoms with E-state index in [-0.39, 0.29) is 22.1 Å². The number of hydrogen-bond acceptors (Lipinski definition) is 4. The SMILES string of the molecule is Cc1cc(F)c([N+](=O)[O-])c(C)c1S(=O)(=O)N(C)C1CC1. The molecule has 20 heavy (non-hydrogen) atoms. The summed E-state index contributed by atoms with van der Waals surface area (Å²) in [6, 6.07) is 0.835. The van der Waals surface area contributed by atoms with Gasteiger partial charge in [0.1, 0.15) is 0 Å². The molecule has 0 spiro atoms. The quantitative estimate of drug-likeness (QED) is 0.630. The maximum Gasteiger partial charge on any atom is 0.309 e. The van der Waals surface area contributed by atoms with Gasteiger partial charge in [0.05, 0.1) is 15.4 Å². The summed E-state index contributed by atoms with van der Waals surface area (Å²) in [5.74, 6) is -1.02. The van der Waals surface area contributed by atoms with Crippen molar-refractivity contribution < 1.29 is 17.7 Å². The first-order valence-corrected chi connectivity index (χ1v) is 7.54. The van der Waals surface area contributed by atoms with Crippen LogP contribution in [0.15, 0.2) is 11.0 Å². The van der Waals surface area contributed by atoms with Gasteiger partial charge in [-0.3, -0.25) is 10.1 Å². The number of benzene rings is 1. The van der Waals surface area contributed by atoms with E-state index < -0.39 is 26.5 Å². The van der Waals surface area contributed by atoms with Gasteiger partial charge < -0.3 is 0 Å². The number of nitro benzene ring substituents is 1. The standard InChI is InChI=1S/C12H15FN2O4S/c1-7-6-10(13)11(15(16)17)8(2)12(7)20(18,19)14(3)9-4-5-9/h6,9H,4-5H2,1-3H3. The number of nitrogens with zero attached hydrogens (tertiary/aromatic N) is 2. The molecular weight excluding hydrogens is 287 g/mol. The molecule has 0 N–H and O–H groups in total. The van der Waals surface area contributed by atoms with Gasteiger partial charge in [0.15, 0.2) is 0 Å². The molecule has 0 bridgehead atoms. The smallest absolute Gasteiger partial charge is 0.258 e. The number of rotatable bonds is 4. The van der Waals surface area contributed by atoms with Gasteiger partial charge in [0.25, 0.3) is 0 Å². The fourth-order valence-corrected chi connectivity index (χ4v) is 4.15. The highest BCUT2D eigenvalue weighted by Gasteiger charge is 2.38. The first-order chi connectivity index (χ1) is 9.17. The Labute approximate surface area is 116 Å². The van der Waals surface area contributed by atoms with Gasteiger partial charge in [-0.25, -0.2) is 8.42 Å².